The van der Waals surface area contributed by atoms with Crippen LogP contribution < -0.4 is 10.5 Å². The normalized spacial score (nSPS) is 11.6. The van der Waals surface area contributed by atoms with Gasteiger partial charge in [-0.2, -0.15) is 0 Å². The summed E-state index contributed by atoms with van der Waals surface area (Å²) < 4.78 is 53.4. The van der Waals surface area contributed by atoms with Crippen molar-refractivity contribution < 1.29 is 17.2 Å². The number of anilines is 2. The molecule has 0 fully saturated rings. The minimum atomic E-state index is -3.98. The number of hydrogen-bond acceptors (Lipinski definition) is 4. The maximum absolute atomic E-state index is 13.6. The number of rotatable bonds is 3. The molecular weight excluding hydrogens is 374 g/mol. The van der Waals surface area contributed by atoms with E-state index in [1.807, 2.05) is 4.72 Å². The SMILES string of the molecule is Cc1cc(S(=O)(=O)Nc2c(N)cc(F)cc2F)sc1Br. The molecule has 4 nitrogen and oxygen atoms in total. The van der Waals surface area contributed by atoms with Gasteiger partial charge in [-0.15, -0.1) is 11.3 Å². The molecule has 0 bridgehead atoms. The summed E-state index contributed by atoms with van der Waals surface area (Å²) in [6.45, 7) is 1.73. The first-order valence-electron chi connectivity index (χ1n) is 5.24. The lowest BCUT2D eigenvalue weighted by molar-refractivity contribution is 0.584. The molecule has 20 heavy (non-hydrogen) atoms. The van der Waals surface area contributed by atoms with E-state index in [1.54, 1.807) is 6.92 Å². The Morgan fingerprint density at radius 1 is 1.30 bits per heavy atom. The topological polar surface area (TPSA) is 72.2 Å². The van der Waals surface area contributed by atoms with Crippen molar-refractivity contribution in [3.63, 3.8) is 0 Å². The van der Waals surface area contributed by atoms with E-state index in [2.05, 4.69) is 15.9 Å². The van der Waals surface area contributed by atoms with Gasteiger partial charge in [-0.3, -0.25) is 4.72 Å². The van der Waals surface area contributed by atoms with Crippen molar-refractivity contribution in [3.05, 3.63) is 39.2 Å². The van der Waals surface area contributed by atoms with E-state index in [0.29, 0.717) is 9.85 Å². The second-order valence-electron chi connectivity index (χ2n) is 3.98. The Labute approximate surface area is 126 Å². The van der Waals surface area contributed by atoms with Crippen LogP contribution in [-0.4, -0.2) is 8.42 Å². The van der Waals surface area contributed by atoms with Gasteiger partial charge in [-0.1, -0.05) is 0 Å². The summed E-state index contributed by atoms with van der Waals surface area (Å²) in [6.07, 6.45) is 0. The molecule has 0 saturated heterocycles. The zero-order valence-corrected chi connectivity index (χ0v) is 13.3. The highest BCUT2D eigenvalue weighted by molar-refractivity contribution is 9.11. The summed E-state index contributed by atoms with van der Waals surface area (Å²) in [7, 11) is -3.98. The second kappa shape index (κ2) is 5.30. The molecule has 0 atom stereocenters. The highest BCUT2D eigenvalue weighted by Crippen LogP contribution is 2.33. The van der Waals surface area contributed by atoms with Gasteiger partial charge in [0.1, 0.15) is 15.7 Å². The average Bonchev–Trinajstić information content (AvgIpc) is 2.65. The van der Waals surface area contributed by atoms with E-state index in [9.17, 15) is 17.2 Å². The monoisotopic (exact) mass is 382 g/mol. The van der Waals surface area contributed by atoms with Crippen LogP contribution >= 0.6 is 27.3 Å². The molecule has 0 saturated carbocycles. The molecule has 3 N–H and O–H groups in total. The summed E-state index contributed by atoms with van der Waals surface area (Å²) in [4.78, 5) is 0. The zero-order chi connectivity index (χ0) is 15.1. The molecule has 0 unspecified atom stereocenters. The predicted molar refractivity (Wildman–Crippen MR) is 78.3 cm³/mol. The van der Waals surface area contributed by atoms with Crippen molar-refractivity contribution in [1.29, 1.82) is 0 Å². The van der Waals surface area contributed by atoms with E-state index in [4.69, 9.17) is 5.73 Å². The van der Waals surface area contributed by atoms with Crippen LogP contribution in [0.3, 0.4) is 0 Å². The van der Waals surface area contributed by atoms with Crippen molar-refractivity contribution >= 4 is 48.7 Å². The first-order chi connectivity index (χ1) is 9.20. The number of hydrogen-bond donors (Lipinski definition) is 2. The highest BCUT2D eigenvalue weighted by atomic mass is 79.9. The van der Waals surface area contributed by atoms with E-state index in [1.165, 1.54) is 6.07 Å². The third-order valence-electron chi connectivity index (χ3n) is 2.42. The van der Waals surface area contributed by atoms with Crippen LogP contribution in [0.2, 0.25) is 0 Å². The first kappa shape index (κ1) is 15.2. The Bertz CT molecular complexity index is 732. The van der Waals surface area contributed by atoms with E-state index < -0.39 is 27.3 Å². The molecule has 1 aromatic heterocycles. The quantitative estimate of drug-likeness (QED) is 0.798. The van der Waals surface area contributed by atoms with Gasteiger partial charge in [-0.25, -0.2) is 17.2 Å². The number of benzene rings is 1. The van der Waals surface area contributed by atoms with Crippen LogP contribution in [0.15, 0.2) is 26.2 Å². The van der Waals surface area contributed by atoms with Gasteiger partial charge in [0.05, 0.1) is 9.47 Å². The number of aryl methyl sites for hydroxylation is 1. The van der Waals surface area contributed by atoms with Gasteiger partial charge in [0, 0.05) is 6.07 Å². The molecule has 9 heteroatoms. The van der Waals surface area contributed by atoms with Crippen LogP contribution in [0.1, 0.15) is 5.56 Å². The smallest absolute Gasteiger partial charge is 0.271 e. The lowest BCUT2D eigenvalue weighted by atomic mass is 10.2. The molecule has 0 aliphatic heterocycles. The third-order valence-corrected chi connectivity index (χ3v) is 6.38. The van der Waals surface area contributed by atoms with Crippen LogP contribution in [0.5, 0.6) is 0 Å². The van der Waals surface area contributed by atoms with Crippen LogP contribution in [0.25, 0.3) is 0 Å². The summed E-state index contributed by atoms with van der Waals surface area (Å²) in [5.41, 5.74) is 5.38. The van der Waals surface area contributed by atoms with Gasteiger partial charge in [0.15, 0.2) is 5.82 Å². The van der Waals surface area contributed by atoms with Crippen molar-refractivity contribution in [2.45, 2.75) is 11.1 Å². The van der Waals surface area contributed by atoms with Crippen LogP contribution in [0, 0.1) is 18.6 Å². The standard InChI is InChI=1S/C11H9BrF2N2O2S2/c1-5-2-9(19-11(5)12)20(17,18)16-10-7(14)3-6(13)4-8(10)15/h2-4,16H,15H2,1H3. The van der Waals surface area contributed by atoms with Gasteiger partial charge < -0.3 is 5.73 Å². The number of thiophene rings is 1. The van der Waals surface area contributed by atoms with Crippen LogP contribution in [0.4, 0.5) is 20.2 Å². The van der Waals surface area contributed by atoms with Crippen molar-refractivity contribution in [2.24, 2.45) is 0 Å². The summed E-state index contributed by atoms with van der Waals surface area (Å²) in [6, 6.07) is 2.84. The average molecular weight is 383 g/mol. The Kier molecular flexibility index (Phi) is 4.03. The molecular formula is C11H9BrF2N2O2S2. The molecule has 1 heterocycles. The molecule has 0 radical (unpaired) electrons. The van der Waals surface area contributed by atoms with Crippen molar-refractivity contribution in [3.8, 4) is 0 Å². The molecule has 0 amide bonds. The molecule has 2 rings (SSSR count). The fourth-order valence-corrected chi connectivity index (χ4v) is 4.77. The number of halogens is 3. The number of sulfonamides is 1. The first-order valence-corrected chi connectivity index (χ1v) is 8.33. The van der Waals surface area contributed by atoms with Gasteiger partial charge in [0.2, 0.25) is 0 Å². The number of nitrogen functional groups attached to an aromatic ring is 1. The van der Waals surface area contributed by atoms with E-state index >= 15 is 0 Å². The summed E-state index contributed by atoms with van der Waals surface area (Å²) in [5.74, 6) is -1.95. The maximum atomic E-state index is 13.6. The Hall–Kier alpha value is -1.19. The molecule has 1 aromatic carbocycles. The van der Waals surface area contributed by atoms with E-state index in [0.717, 1.165) is 23.0 Å². The maximum Gasteiger partial charge on any atom is 0.271 e. The van der Waals surface area contributed by atoms with Gasteiger partial charge in [-0.05, 0) is 40.5 Å². The number of nitrogens with one attached hydrogen (secondary N) is 1. The number of nitrogens with two attached hydrogens (primary N) is 1. The van der Waals surface area contributed by atoms with Gasteiger partial charge >= 0.3 is 0 Å². The van der Waals surface area contributed by atoms with Crippen molar-refractivity contribution in [2.75, 3.05) is 10.5 Å². The molecule has 2 aromatic rings. The van der Waals surface area contributed by atoms with Crippen molar-refractivity contribution in [1.82, 2.24) is 0 Å². The Morgan fingerprint density at radius 3 is 2.45 bits per heavy atom. The fraction of sp³-hybridized carbons (Fsp3) is 0.0909. The molecule has 0 spiro atoms. The summed E-state index contributed by atoms with van der Waals surface area (Å²) in [5, 5.41) is 0. The lowest BCUT2D eigenvalue weighted by Crippen LogP contribution is -2.14. The fourth-order valence-electron chi connectivity index (χ4n) is 1.45. The molecule has 0 aliphatic rings. The van der Waals surface area contributed by atoms with Gasteiger partial charge in [0.25, 0.3) is 10.0 Å². The minimum Gasteiger partial charge on any atom is -0.397 e. The predicted octanol–water partition coefficient (Wildman–Crippen LogP) is 3.48. The third kappa shape index (κ3) is 2.94. The van der Waals surface area contributed by atoms with E-state index in [-0.39, 0.29) is 9.90 Å². The minimum absolute atomic E-state index is 0.00463. The lowest BCUT2D eigenvalue weighted by Gasteiger charge is -2.10. The zero-order valence-electron chi connectivity index (χ0n) is 10.1. The molecule has 0 aliphatic carbocycles. The summed E-state index contributed by atoms with van der Waals surface area (Å²) >= 11 is 4.19. The molecule has 108 valence electrons. The second-order valence-corrected chi connectivity index (χ2v) is 8.26. The Morgan fingerprint density at radius 2 is 1.95 bits per heavy atom. The highest BCUT2D eigenvalue weighted by Gasteiger charge is 2.21. The van der Waals surface area contributed by atoms with Crippen LogP contribution in [-0.2, 0) is 10.0 Å². The Balaban J connectivity index is 2.43. The largest absolute Gasteiger partial charge is 0.397 e.